The van der Waals surface area contributed by atoms with Crippen molar-refractivity contribution < 1.29 is 4.39 Å². The summed E-state index contributed by atoms with van der Waals surface area (Å²) >= 11 is 6.14. The number of nitrogens with zero attached hydrogens (tertiary/aromatic N) is 2. The monoisotopic (exact) mass is 331 g/mol. The fourth-order valence-electron chi connectivity index (χ4n) is 3.40. The van der Waals surface area contributed by atoms with Crippen LogP contribution >= 0.6 is 11.6 Å². The second-order valence-electron chi connectivity index (χ2n) is 6.51. The second-order valence-corrected chi connectivity index (χ2v) is 6.84. The lowest BCUT2D eigenvalue weighted by molar-refractivity contribution is 0.625. The summed E-state index contributed by atoms with van der Waals surface area (Å²) in [6.07, 6.45) is 5.80. The number of rotatable bonds is 5. The van der Waals surface area contributed by atoms with Gasteiger partial charge in [-0.2, -0.15) is 0 Å². The molecule has 3 nitrogen and oxygen atoms in total. The summed E-state index contributed by atoms with van der Waals surface area (Å²) in [5, 5.41) is 3.73. The van der Waals surface area contributed by atoms with Crippen LogP contribution in [0.2, 0.25) is 5.28 Å². The average molecular weight is 332 g/mol. The Labute approximate surface area is 140 Å². The smallest absolute Gasteiger partial charge is 0.224 e. The van der Waals surface area contributed by atoms with Crippen LogP contribution in [0.3, 0.4) is 0 Å². The van der Waals surface area contributed by atoms with Gasteiger partial charge in [0.15, 0.2) is 0 Å². The van der Waals surface area contributed by atoms with Crippen LogP contribution in [0.4, 0.5) is 10.2 Å². The molecular formula is C18H19ClFN3. The molecule has 0 aliphatic heterocycles. The van der Waals surface area contributed by atoms with Gasteiger partial charge in [0.05, 0.1) is 5.69 Å². The first-order valence-electron chi connectivity index (χ1n) is 8.26. The minimum absolute atomic E-state index is 0.176. The number of nitrogens with one attached hydrogen (secondary N) is 1. The molecule has 0 amide bonds. The van der Waals surface area contributed by atoms with Gasteiger partial charge in [-0.1, -0.05) is 25.0 Å². The predicted octanol–water partition coefficient (Wildman–Crippen LogP) is 4.56. The van der Waals surface area contributed by atoms with Gasteiger partial charge in [-0.3, -0.25) is 0 Å². The van der Waals surface area contributed by atoms with E-state index < -0.39 is 0 Å². The van der Waals surface area contributed by atoms with Crippen LogP contribution in [0.5, 0.6) is 0 Å². The van der Waals surface area contributed by atoms with E-state index in [2.05, 4.69) is 15.3 Å². The van der Waals surface area contributed by atoms with Crippen LogP contribution in [-0.2, 0) is 6.42 Å². The summed E-state index contributed by atoms with van der Waals surface area (Å²) in [4.78, 5) is 8.86. The Morgan fingerprint density at radius 2 is 1.91 bits per heavy atom. The zero-order chi connectivity index (χ0) is 15.8. The number of anilines is 1. The molecule has 1 atom stereocenters. The van der Waals surface area contributed by atoms with Crippen LogP contribution in [0.25, 0.3) is 0 Å². The molecule has 2 aliphatic rings. The van der Waals surface area contributed by atoms with Crippen molar-refractivity contribution in [3.05, 3.63) is 52.2 Å². The number of hydrogen-bond donors (Lipinski definition) is 1. The number of halogens is 2. The van der Waals surface area contributed by atoms with Crippen molar-refractivity contribution in [2.75, 3.05) is 11.9 Å². The molecule has 2 aromatic rings. The van der Waals surface area contributed by atoms with Gasteiger partial charge in [0.1, 0.15) is 11.6 Å². The Bertz CT molecular complexity index is 713. The quantitative estimate of drug-likeness (QED) is 0.816. The summed E-state index contributed by atoms with van der Waals surface area (Å²) in [5.41, 5.74) is 3.24. The maximum Gasteiger partial charge on any atom is 0.224 e. The second kappa shape index (κ2) is 6.08. The molecule has 1 heterocycles. The molecule has 1 saturated carbocycles. The summed E-state index contributed by atoms with van der Waals surface area (Å²) < 4.78 is 13.2. The molecule has 23 heavy (non-hydrogen) atoms. The maximum atomic E-state index is 13.2. The van der Waals surface area contributed by atoms with Crippen LogP contribution in [0.1, 0.15) is 48.4 Å². The molecule has 0 saturated heterocycles. The maximum absolute atomic E-state index is 13.2. The SMILES string of the molecule is Fc1ccc([C@@H]2CCc3c(NCCC4CC4)nc(Cl)nc32)cc1. The Morgan fingerprint density at radius 3 is 2.65 bits per heavy atom. The minimum Gasteiger partial charge on any atom is -0.370 e. The van der Waals surface area contributed by atoms with E-state index in [9.17, 15) is 4.39 Å². The number of aromatic nitrogens is 2. The van der Waals surface area contributed by atoms with E-state index in [1.807, 2.05) is 12.1 Å². The van der Waals surface area contributed by atoms with Crippen molar-refractivity contribution in [1.29, 1.82) is 0 Å². The Kier molecular flexibility index (Phi) is 3.93. The molecule has 0 spiro atoms. The molecule has 5 heteroatoms. The Balaban J connectivity index is 1.59. The molecule has 1 N–H and O–H groups in total. The fraction of sp³-hybridized carbons (Fsp3) is 0.444. The molecule has 0 unspecified atom stereocenters. The molecule has 1 aromatic heterocycles. The molecule has 2 aliphatic carbocycles. The van der Waals surface area contributed by atoms with Crippen LogP contribution < -0.4 is 5.32 Å². The van der Waals surface area contributed by atoms with Crippen molar-refractivity contribution >= 4 is 17.4 Å². The summed E-state index contributed by atoms with van der Waals surface area (Å²) in [6.45, 7) is 0.936. The highest BCUT2D eigenvalue weighted by Gasteiger charge is 2.29. The zero-order valence-corrected chi connectivity index (χ0v) is 13.6. The topological polar surface area (TPSA) is 37.8 Å². The molecule has 0 bridgehead atoms. The van der Waals surface area contributed by atoms with E-state index in [0.29, 0.717) is 0 Å². The highest BCUT2D eigenvalue weighted by molar-refractivity contribution is 6.28. The molecular weight excluding hydrogens is 313 g/mol. The Morgan fingerprint density at radius 1 is 1.13 bits per heavy atom. The van der Waals surface area contributed by atoms with Crippen molar-refractivity contribution in [3.63, 3.8) is 0 Å². The first-order valence-corrected chi connectivity index (χ1v) is 8.64. The van der Waals surface area contributed by atoms with Gasteiger partial charge in [0, 0.05) is 18.0 Å². The zero-order valence-electron chi connectivity index (χ0n) is 12.9. The lowest BCUT2D eigenvalue weighted by Gasteiger charge is -2.13. The highest BCUT2D eigenvalue weighted by Crippen LogP contribution is 2.40. The van der Waals surface area contributed by atoms with Crippen molar-refractivity contribution in [1.82, 2.24) is 9.97 Å². The largest absolute Gasteiger partial charge is 0.370 e. The predicted molar refractivity (Wildman–Crippen MR) is 89.4 cm³/mol. The van der Waals surface area contributed by atoms with Crippen molar-refractivity contribution in [2.24, 2.45) is 5.92 Å². The van der Waals surface area contributed by atoms with Crippen LogP contribution in [0, 0.1) is 11.7 Å². The number of fused-ring (bicyclic) bond motifs is 1. The number of hydrogen-bond acceptors (Lipinski definition) is 3. The van der Waals surface area contributed by atoms with E-state index in [0.717, 1.165) is 42.4 Å². The molecule has 1 aromatic carbocycles. The highest BCUT2D eigenvalue weighted by atomic mass is 35.5. The first-order chi connectivity index (χ1) is 11.2. The van der Waals surface area contributed by atoms with Gasteiger partial charge in [0.2, 0.25) is 5.28 Å². The average Bonchev–Trinajstić information content (AvgIpc) is 3.26. The molecule has 1 fully saturated rings. The lowest BCUT2D eigenvalue weighted by Crippen LogP contribution is -2.09. The summed E-state index contributed by atoms with van der Waals surface area (Å²) in [6, 6.07) is 6.69. The van der Waals surface area contributed by atoms with E-state index in [1.54, 1.807) is 0 Å². The third-order valence-electron chi connectivity index (χ3n) is 4.84. The lowest BCUT2D eigenvalue weighted by atomic mass is 9.97. The van der Waals surface area contributed by atoms with Gasteiger partial charge in [0.25, 0.3) is 0 Å². The van der Waals surface area contributed by atoms with Gasteiger partial charge >= 0.3 is 0 Å². The van der Waals surface area contributed by atoms with Gasteiger partial charge < -0.3 is 5.32 Å². The third kappa shape index (κ3) is 3.18. The molecule has 120 valence electrons. The van der Waals surface area contributed by atoms with Gasteiger partial charge in [-0.15, -0.1) is 0 Å². The van der Waals surface area contributed by atoms with Crippen molar-refractivity contribution in [3.8, 4) is 0 Å². The summed E-state index contributed by atoms with van der Waals surface area (Å²) in [7, 11) is 0. The van der Waals surface area contributed by atoms with E-state index >= 15 is 0 Å². The minimum atomic E-state index is -0.213. The third-order valence-corrected chi connectivity index (χ3v) is 5.01. The van der Waals surface area contributed by atoms with E-state index in [-0.39, 0.29) is 17.0 Å². The van der Waals surface area contributed by atoms with Crippen LogP contribution in [0.15, 0.2) is 24.3 Å². The van der Waals surface area contributed by atoms with E-state index in [4.69, 9.17) is 11.6 Å². The fourth-order valence-corrected chi connectivity index (χ4v) is 3.58. The number of benzene rings is 1. The standard InChI is InChI=1S/C18H19ClFN3/c19-18-22-16-14(12-3-5-13(20)6-4-12)7-8-15(16)17(23-18)21-10-9-11-1-2-11/h3-6,11,14H,1-2,7-10H2,(H,21,22,23)/t14-/m0/s1. The molecule has 0 radical (unpaired) electrons. The molecule has 4 rings (SSSR count). The van der Waals surface area contributed by atoms with Crippen molar-refractivity contribution in [2.45, 2.75) is 38.0 Å². The van der Waals surface area contributed by atoms with E-state index in [1.165, 1.54) is 37.0 Å². The Hall–Kier alpha value is -1.68. The van der Waals surface area contributed by atoms with Crippen LogP contribution in [-0.4, -0.2) is 16.5 Å². The van der Waals surface area contributed by atoms with Gasteiger partial charge in [-0.05, 0) is 54.5 Å². The first kappa shape index (κ1) is 14.9. The van der Waals surface area contributed by atoms with Gasteiger partial charge in [-0.25, -0.2) is 14.4 Å². The normalized spacial score (nSPS) is 19.7. The summed E-state index contributed by atoms with van der Waals surface area (Å²) in [5.74, 6) is 1.73.